The number of carbonyl (C=O) groups excluding carboxylic acids is 1. The topological polar surface area (TPSA) is 165 Å². The number of carboxylic acid groups (broad SMARTS) is 3. The van der Waals surface area contributed by atoms with Crippen molar-refractivity contribution >= 4 is 23.8 Å². The van der Waals surface area contributed by atoms with E-state index in [0.29, 0.717) is 6.54 Å². The third kappa shape index (κ3) is 13.4. The van der Waals surface area contributed by atoms with Crippen LogP contribution in [0.15, 0.2) is 41.1 Å². The Morgan fingerprint density at radius 3 is 1.58 bits per heavy atom. The van der Waals surface area contributed by atoms with Gasteiger partial charge in [-0.1, -0.05) is 0 Å². The Balaban J connectivity index is 0.000000448. The maximum atomic E-state index is 13.4. The first-order valence-corrected chi connectivity index (χ1v) is 13.5. The Labute approximate surface area is 266 Å². The van der Waals surface area contributed by atoms with Gasteiger partial charge < -0.3 is 24.6 Å². The van der Waals surface area contributed by atoms with Crippen LogP contribution in [0.2, 0.25) is 0 Å². The van der Waals surface area contributed by atoms with E-state index >= 15 is 0 Å². The summed E-state index contributed by atoms with van der Waals surface area (Å²) in [5.41, 5.74) is 0.782. The molecule has 3 N–H and O–H groups in total. The standard InChI is InChI=1S/C21H28N4O2.3C2HF3O2/c1-17-3-4-19(27-17)16-24-11-7-21(8-12-24)20(26)25(14-13-23(21)2)15-18-5-9-22-10-6-18;3*3-2(4,5)1(6)7/h3-6,9-10H,7-8,11-16H2,1-2H3;3*(H,6,7). The molecule has 0 unspecified atom stereocenters. The van der Waals surface area contributed by atoms with E-state index in [1.54, 1.807) is 12.4 Å². The number of halogens is 9. The highest BCUT2D eigenvalue weighted by atomic mass is 19.4. The van der Waals surface area contributed by atoms with Crippen molar-refractivity contribution in [3.8, 4) is 0 Å². The van der Waals surface area contributed by atoms with E-state index in [9.17, 15) is 44.3 Å². The first-order chi connectivity index (χ1) is 21.9. The van der Waals surface area contributed by atoms with Gasteiger partial charge >= 0.3 is 36.4 Å². The monoisotopic (exact) mass is 710 g/mol. The molecule has 0 bridgehead atoms. The summed E-state index contributed by atoms with van der Waals surface area (Å²) in [6.45, 7) is 7.01. The van der Waals surface area contributed by atoms with Crippen molar-refractivity contribution in [2.45, 2.75) is 56.9 Å². The van der Waals surface area contributed by atoms with E-state index in [1.165, 1.54) is 0 Å². The highest BCUT2D eigenvalue weighted by molar-refractivity contribution is 5.87. The molecular weight excluding hydrogens is 679 g/mol. The van der Waals surface area contributed by atoms with Crippen LogP contribution in [0.1, 0.15) is 29.9 Å². The largest absolute Gasteiger partial charge is 0.490 e. The van der Waals surface area contributed by atoms with E-state index in [1.807, 2.05) is 36.1 Å². The number of aryl methyl sites for hydroxylation is 1. The zero-order chi connectivity index (χ0) is 37.1. The molecule has 0 aromatic carbocycles. The van der Waals surface area contributed by atoms with Crippen LogP contribution in [-0.4, -0.2) is 116 Å². The molecule has 2 aliphatic rings. The van der Waals surface area contributed by atoms with Crippen molar-refractivity contribution in [2.24, 2.45) is 0 Å². The van der Waals surface area contributed by atoms with Crippen molar-refractivity contribution in [3.63, 3.8) is 0 Å². The number of piperidine rings is 1. The second kappa shape index (κ2) is 17.1. The molecule has 2 fully saturated rings. The van der Waals surface area contributed by atoms with Crippen LogP contribution in [0.25, 0.3) is 0 Å². The second-order valence-electron chi connectivity index (χ2n) is 10.2. The number of alkyl halides is 9. The predicted molar refractivity (Wildman–Crippen MR) is 144 cm³/mol. The molecule has 1 spiro atoms. The lowest BCUT2D eigenvalue weighted by Crippen LogP contribution is -2.67. The van der Waals surface area contributed by atoms with E-state index < -0.39 is 36.4 Å². The van der Waals surface area contributed by atoms with E-state index in [2.05, 4.69) is 21.8 Å². The number of likely N-dealkylation sites (N-methyl/N-ethyl adjacent to an activating group) is 1. The summed E-state index contributed by atoms with van der Waals surface area (Å²) in [6.07, 6.45) is -9.93. The van der Waals surface area contributed by atoms with Gasteiger partial charge in [0.25, 0.3) is 0 Å². The van der Waals surface area contributed by atoms with Crippen molar-refractivity contribution in [1.29, 1.82) is 0 Å². The maximum absolute atomic E-state index is 13.4. The molecule has 0 aliphatic carbocycles. The van der Waals surface area contributed by atoms with Crippen LogP contribution in [0, 0.1) is 6.92 Å². The SMILES string of the molecule is Cc1ccc(CN2CCC3(CC2)C(=O)N(Cc2ccncc2)CCN3C)o1.O=C(O)C(F)(F)F.O=C(O)C(F)(F)F.O=C(O)C(F)(F)F. The number of carboxylic acids is 3. The molecule has 0 atom stereocenters. The highest BCUT2D eigenvalue weighted by Gasteiger charge is 2.49. The molecule has 48 heavy (non-hydrogen) atoms. The number of furan rings is 1. The number of aliphatic carboxylic acids is 3. The number of pyridine rings is 1. The van der Waals surface area contributed by atoms with E-state index in [0.717, 1.165) is 62.6 Å². The van der Waals surface area contributed by atoms with Crippen LogP contribution in [0.5, 0.6) is 0 Å². The fourth-order valence-electron chi connectivity index (χ4n) is 4.37. The molecule has 21 heteroatoms. The summed E-state index contributed by atoms with van der Waals surface area (Å²) < 4.78 is 101. The lowest BCUT2D eigenvalue weighted by atomic mass is 9.82. The van der Waals surface area contributed by atoms with Gasteiger partial charge in [-0.3, -0.25) is 19.6 Å². The minimum atomic E-state index is -5.08. The number of piperazine rings is 1. The van der Waals surface area contributed by atoms with Gasteiger partial charge in [-0.25, -0.2) is 14.4 Å². The van der Waals surface area contributed by atoms with Crippen LogP contribution >= 0.6 is 0 Å². The highest BCUT2D eigenvalue weighted by Crippen LogP contribution is 2.34. The van der Waals surface area contributed by atoms with Crippen LogP contribution in [-0.2, 0) is 32.3 Å². The van der Waals surface area contributed by atoms with Gasteiger partial charge in [0.05, 0.1) is 6.54 Å². The lowest BCUT2D eigenvalue weighted by Gasteiger charge is -2.51. The molecule has 2 aliphatic heterocycles. The summed E-state index contributed by atoms with van der Waals surface area (Å²) in [7, 11) is 2.10. The number of likely N-dealkylation sites (tertiary alicyclic amines) is 1. The Hall–Kier alpha value is -4.40. The fraction of sp³-hybridized carbons (Fsp3) is 0.519. The van der Waals surface area contributed by atoms with Gasteiger partial charge in [0.2, 0.25) is 5.91 Å². The van der Waals surface area contributed by atoms with Gasteiger partial charge in [-0.05, 0) is 56.6 Å². The first-order valence-electron chi connectivity index (χ1n) is 13.5. The van der Waals surface area contributed by atoms with Crippen molar-refractivity contribution in [1.82, 2.24) is 19.7 Å². The summed E-state index contributed by atoms with van der Waals surface area (Å²) in [6, 6.07) is 8.04. The molecule has 2 aromatic rings. The maximum Gasteiger partial charge on any atom is 0.490 e. The zero-order valence-corrected chi connectivity index (χ0v) is 25.2. The third-order valence-electron chi connectivity index (χ3n) is 6.83. The van der Waals surface area contributed by atoms with Gasteiger partial charge in [-0.2, -0.15) is 39.5 Å². The lowest BCUT2D eigenvalue weighted by molar-refractivity contribution is -0.193. The average Bonchev–Trinajstić information content (AvgIpc) is 3.38. The zero-order valence-electron chi connectivity index (χ0n) is 25.2. The summed E-state index contributed by atoms with van der Waals surface area (Å²) >= 11 is 0. The molecule has 2 aromatic heterocycles. The minimum absolute atomic E-state index is 0.279. The summed E-state index contributed by atoms with van der Waals surface area (Å²) in [4.78, 5) is 50.9. The number of rotatable bonds is 4. The Morgan fingerprint density at radius 1 is 0.771 bits per heavy atom. The normalized spacial score (nSPS) is 16.8. The van der Waals surface area contributed by atoms with Crippen molar-refractivity contribution in [2.75, 3.05) is 33.2 Å². The van der Waals surface area contributed by atoms with Crippen LogP contribution in [0.4, 0.5) is 39.5 Å². The first kappa shape index (κ1) is 41.6. The molecule has 2 saturated heterocycles. The molecule has 0 radical (unpaired) electrons. The number of aromatic nitrogens is 1. The molecule has 12 nitrogen and oxygen atoms in total. The molecule has 270 valence electrons. The van der Waals surface area contributed by atoms with Gasteiger partial charge in [0.15, 0.2) is 0 Å². The number of amides is 1. The van der Waals surface area contributed by atoms with Crippen molar-refractivity contribution < 1.29 is 78.4 Å². The molecule has 4 heterocycles. The quantitative estimate of drug-likeness (QED) is 0.390. The van der Waals surface area contributed by atoms with Gasteiger partial charge in [0, 0.05) is 45.1 Å². The van der Waals surface area contributed by atoms with E-state index in [-0.39, 0.29) is 11.4 Å². The molecule has 4 rings (SSSR count). The molecule has 0 saturated carbocycles. The number of hydrogen-bond donors (Lipinski definition) is 3. The second-order valence-corrected chi connectivity index (χ2v) is 10.2. The number of hydrogen-bond acceptors (Lipinski definition) is 8. The average molecular weight is 711 g/mol. The minimum Gasteiger partial charge on any atom is -0.475 e. The van der Waals surface area contributed by atoms with Gasteiger partial charge in [-0.15, -0.1) is 0 Å². The Bertz CT molecular complexity index is 1300. The number of carbonyl (C=O) groups is 4. The van der Waals surface area contributed by atoms with E-state index in [4.69, 9.17) is 34.1 Å². The van der Waals surface area contributed by atoms with Crippen LogP contribution in [0.3, 0.4) is 0 Å². The summed E-state index contributed by atoms with van der Waals surface area (Å²) in [5, 5.41) is 21.4. The smallest absolute Gasteiger partial charge is 0.475 e. The fourth-order valence-corrected chi connectivity index (χ4v) is 4.37. The summed E-state index contributed by atoms with van der Waals surface area (Å²) in [5.74, 6) is -6.03. The van der Waals surface area contributed by atoms with Gasteiger partial charge in [0.1, 0.15) is 17.1 Å². The molecular formula is C27H31F9N4O8. The number of nitrogens with zero attached hydrogens (tertiary/aromatic N) is 4. The Kier molecular flexibility index (Phi) is 14.9. The van der Waals surface area contributed by atoms with Crippen molar-refractivity contribution in [3.05, 3.63) is 53.7 Å². The third-order valence-corrected chi connectivity index (χ3v) is 6.83. The molecule has 1 amide bonds. The predicted octanol–water partition coefficient (Wildman–Crippen LogP) is 4.19. The Morgan fingerprint density at radius 2 is 1.21 bits per heavy atom. The van der Waals surface area contributed by atoms with Crippen LogP contribution < -0.4 is 0 Å².